The van der Waals surface area contributed by atoms with Gasteiger partial charge in [-0.15, -0.1) is 0 Å². The van der Waals surface area contributed by atoms with Gasteiger partial charge in [-0.05, 0) is 29.3 Å². The molecular formula is C16H14BrN3O. The zero-order valence-electron chi connectivity index (χ0n) is 11.2. The van der Waals surface area contributed by atoms with Crippen molar-refractivity contribution in [2.45, 2.75) is 6.54 Å². The molecule has 0 saturated heterocycles. The van der Waals surface area contributed by atoms with Crippen molar-refractivity contribution >= 4 is 21.6 Å². The lowest BCUT2D eigenvalue weighted by Gasteiger charge is -2.08. The third-order valence-electron chi connectivity index (χ3n) is 3.23. The monoisotopic (exact) mass is 343 g/mol. The standard InChI is InChI=1S/C16H14BrN3O/c17-14-4-2-1-3-12(14)10-18-13-7-5-11(6-8-13)15-9-16(21)20-19-15/h1-9,18H,10H2,(H2,19,20,21). The molecule has 0 aliphatic carbocycles. The molecule has 2 aromatic carbocycles. The van der Waals surface area contributed by atoms with E-state index in [-0.39, 0.29) is 5.56 Å². The van der Waals surface area contributed by atoms with Crippen LogP contribution in [-0.4, -0.2) is 10.2 Å². The summed E-state index contributed by atoms with van der Waals surface area (Å²) in [5, 5.41) is 8.75. The van der Waals surface area contributed by atoms with E-state index in [1.165, 1.54) is 5.56 Å². The Morgan fingerprint density at radius 2 is 1.76 bits per heavy atom. The van der Waals surface area contributed by atoms with E-state index in [1.807, 2.05) is 42.5 Å². The number of aromatic amines is 2. The molecule has 4 nitrogen and oxygen atoms in total. The summed E-state index contributed by atoms with van der Waals surface area (Å²) < 4.78 is 1.10. The number of nitrogens with one attached hydrogen (secondary N) is 3. The van der Waals surface area contributed by atoms with Crippen LogP contribution in [0, 0.1) is 0 Å². The Balaban J connectivity index is 1.70. The van der Waals surface area contributed by atoms with Gasteiger partial charge in [0.05, 0.1) is 5.69 Å². The van der Waals surface area contributed by atoms with Crippen LogP contribution < -0.4 is 10.9 Å². The lowest BCUT2D eigenvalue weighted by Crippen LogP contribution is -1.99. The maximum Gasteiger partial charge on any atom is 0.264 e. The molecule has 0 spiro atoms. The number of hydrogen-bond donors (Lipinski definition) is 3. The Kier molecular flexibility index (Phi) is 3.92. The highest BCUT2D eigenvalue weighted by molar-refractivity contribution is 9.10. The largest absolute Gasteiger partial charge is 0.381 e. The number of benzene rings is 2. The maximum absolute atomic E-state index is 11.1. The molecule has 0 unspecified atom stereocenters. The Morgan fingerprint density at radius 3 is 2.43 bits per heavy atom. The van der Waals surface area contributed by atoms with Gasteiger partial charge in [0.1, 0.15) is 0 Å². The number of hydrogen-bond acceptors (Lipinski definition) is 2. The van der Waals surface area contributed by atoms with Crippen molar-refractivity contribution in [3.63, 3.8) is 0 Å². The molecule has 0 atom stereocenters. The Morgan fingerprint density at radius 1 is 1.00 bits per heavy atom. The fourth-order valence-electron chi connectivity index (χ4n) is 2.09. The topological polar surface area (TPSA) is 60.7 Å². The summed E-state index contributed by atoms with van der Waals surface area (Å²) in [5.74, 6) is 0. The summed E-state index contributed by atoms with van der Waals surface area (Å²) in [4.78, 5) is 11.1. The predicted octanol–water partition coefficient (Wildman–Crippen LogP) is 3.74. The van der Waals surface area contributed by atoms with E-state index in [2.05, 4.69) is 37.5 Å². The zero-order chi connectivity index (χ0) is 14.7. The second-order valence-corrected chi connectivity index (χ2v) is 5.55. The Bertz CT molecular complexity index is 790. The van der Waals surface area contributed by atoms with Gasteiger partial charge < -0.3 is 5.32 Å². The molecule has 0 aliphatic rings. The van der Waals surface area contributed by atoms with E-state index in [4.69, 9.17) is 0 Å². The van der Waals surface area contributed by atoms with E-state index in [9.17, 15) is 4.79 Å². The first-order valence-corrected chi connectivity index (χ1v) is 7.37. The molecule has 0 fully saturated rings. The normalized spacial score (nSPS) is 10.5. The van der Waals surface area contributed by atoms with Gasteiger partial charge >= 0.3 is 0 Å². The van der Waals surface area contributed by atoms with Crippen molar-refractivity contribution < 1.29 is 0 Å². The van der Waals surface area contributed by atoms with E-state index < -0.39 is 0 Å². The molecule has 0 radical (unpaired) electrons. The summed E-state index contributed by atoms with van der Waals surface area (Å²) in [7, 11) is 0. The fraction of sp³-hybridized carbons (Fsp3) is 0.0625. The van der Waals surface area contributed by atoms with Gasteiger partial charge in [-0.3, -0.25) is 15.0 Å². The first kappa shape index (κ1) is 13.7. The zero-order valence-corrected chi connectivity index (χ0v) is 12.8. The first-order chi connectivity index (χ1) is 10.2. The lowest BCUT2D eigenvalue weighted by molar-refractivity contribution is 1.06. The lowest BCUT2D eigenvalue weighted by atomic mass is 10.1. The molecule has 3 N–H and O–H groups in total. The molecule has 3 rings (SSSR count). The molecule has 5 heteroatoms. The molecule has 0 aliphatic heterocycles. The fourth-order valence-corrected chi connectivity index (χ4v) is 2.52. The van der Waals surface area contributed by atoms with E-state index in [0.29, 0.717) is 0 Å². The minimum Gasteiger partial charge on any atom is -0.381 e. The summed E-state index contributed by atoms with van der Waals surface area (Å²) in [6.45, 7) is 0.752. The van der Waals surface area contributed by atoms with Gasteiger partial charge in [-0.1, -0.05) is 46.3 Å². The highest BCUT2D eigenvalue weighted by Gasteiger charge is 2.02. The van der Waals surface area contributed by atoms with E-state index in [0.717, 1.165) is 28.0 Å². The van der Waals surface area contributed by atoms with Crippen LogP contribution in [0.15, 0.2) is 63.9 Å². The molecule has 0 bridgehead atoms. The average molecular weight is 344 g/mol. The molecule has 1 aromatic heterocycles. The highest BCUT2D eigenvalue weighted by atomic mass is 79.9. The molecule has 0 saturated carbocycles. The minimum absolute atomic E-state index is 0.124. The molecule has 21 heavy (non-hydrogen) atoms. The van der Waals surface area contributed by atoms with E-state index in [1.54, 1.807) is 6.07 Å². The number of rotatable bonds is 4. The molecule has 0 amide bonds. The van der Waals surface area contributed by atoms with Crippen LogP contribution in [-0.2, 0) is 6.54 Å². The molecule has 1 heterocycles. The van der Waals surface area contributed by atoms with Crippen molar-refractivity contribution in [1.82, 2.24) is 10.2 Å². The van der Waals surface area contributed by atoms with Crippen molar-refractivity contribution in [3.05, 3.63) is 75.0 Å². The van der Waals surface area contributed by atoms with Crippen molar-refractivity contribution in [2.75, 3.05) is 5.32 Å². The van der Waals surface area contributed by atoms with Crippen LogP contribution >= 0.6 is 15.9 Å². The van der Waals surface area contributed by atoms with Gasteiger partial charge in [-0.2, -0.15) is 0 Å². The van der Waals surface area contributed by atoms with Gasteiger partial charge in [0.25, 0.3) is 5.56 Å². The smallest absolute Gasteiger partial charge is 0.264 e. The van der Waals surface area contributed by atoms with Crippen LogP contribution in [0.1, 0.15) is 5.56 Å². The Labute approximate surface area is 130 Å². The van der Waals surface area contributed by atoms with Gasteiger partial charge in [-0.25, -0.2) is 0 Å². The van der Waals surface area contributed by atoms with Crippen molar-refractivity contribution in [3.8, 4) is 11.3 Å². The second-order valence-electron chi connectivity index (χ2n) is 4.69. The van der Waals surface area contributed by atoms with Crippen LogP contribution in [0.25, 0.3) is 11.3 Å². The second kappa shape index (κ2) is 6.01. The van der Waals surface area contributed by atoms with Crippen LogP contribution in [0.5, 0.6) is 0 Å². The third kappa shape index (κ3) is 3.25. The van der Waals surface area contributed by atoms with Gasteiger partial charge in [0.2, 0.25) is 0 Å². The third-order valence-corrected chi connectivity index (χ3v) is 4.01. The van der Waals surface area contributed by atoms with Gasteiger partial charge in [0, 0.05) is 22.8 Å². The number of H-pyrrole nitrogens is 2. The molecule has 3 aromatic rings. The number of aromatic nitrogens is 2. The van der Waals surface area contributed by atoms with Crippen molar-refractivity contribution in [2.24, 2.45) is 0 Å². The maximum atomic E-state index is 11.1. The average Bonchev–Trinajstić information content (AvgIpc) is 2.94. The highest BCUT2D eigenvalue weighted by Crippen LogP contribution is 2.20. The first-order valence-electron chi connectivity index (χ1n) is 6.58. The van der Waals surface area contributed by atoms with Crippen LogP contribution in [0.3, 0.4) is 0 Å². The molecular weight excluding hydrogens is 330 g/mol. The number of anilines is 1. The quantitative estimate of drug-likeness (QED) is 0.675. The molecule has 106 valence electrons. The van der Waals surface area contributed by atoms with Crippen LogP contribution in [0.4, 0.5) is 5.69 Å². The van der Waals surface area contributed by atoms with Crippen LogP contribution in [0.2, 0.25) is 0 Å². The summed E-state index contributed by atoms with van der Waals surface area (Å²) in [5.41, 5.74) is 3.88. The minimum atomic E-state index is -0.124. The summed E-state index contributed by atoms with van der Waals surface area (Å²) >= 11 is 3.54. The SMILES string of the molecule is O=c1cc(-c2ccc(NCc3ccccc3Br)cc2)[nH][nH]1. The van der Waals surface area contributed by atoms with Crippen molar-refractivity contribution in [1.29, 1.82) is 0 Å². The predicted molar refractivity (Wildman–Crippen MR) is 88.3 cm³/mol. The number of halogens is 1. The van der Waals surface area contributed by atoms with Gasteiger partial charge in [0.15, 0.2) is 0 Å². The summed E-state index contributed by atoms with van der Waals surface area (Å²) in [6.07, 6.45) is 0. The van der Waals surface area contributed by atoms with E-state index >= 15 is 0 Å². The summed E-state index contributed by atoms with van der Waals surface area (Å²) in [6, 6.07) is 17.6. The Hall–Kier alpha value is -2.27.